The molecule has 2 heterocycles. The Morgan fingerprint density at radius 3 is 2.22 bits per heavy atom. The van der Waals surface area contributed by atoms with Crippen molar-refractivity contribution in [2.45, 2.75) is 0 Å². The van der Waals surface area contributed by atoms with Gasteiger partial charge in [0.25, 0.3) is 0 Å². The van der Waals surface area contributed by atoms with Crippen molar-refractivity contribution in [3.8, 4) is 22.6 Å². The summed E-state index contributed by atoms with van der Waals surface area (Å²) in [5.74, 6) is 0.721. The average molecular weight is 233 g/mol. The molecule has 3 rings (SSSR count). The molecule has 3 nitrogen and oxygen atoms in total. The van der Waals surface area contributed by atoms with E-state index in [1.165, 1.54) is 0 Å². The molecule has 0 amide bonds. The van der Waals surface area contributed by atoms with Crippen LogP contribution in [0.15, 0.2) is 67.1 Å². The van der Waals surface area contributed by atoms with Crippen LogP contribution in [0.4, 0.5) is 0 Å². The molecule has 0 aliphatic heterocycles. The lowest BCUT2D eigenvalue weighted by Crippen LogP contribution is -1.91. The van der Waals surface area contributed by atoms with Crippen LogP contribution < -0.4 is 0 Å². The second-order valence-corrected chi connectivity index (χ2v) is 3.87. The highest BCUT2D eigenvalue weighted by molar-refractivity contribution is 5.62. The van der Waals surface area contributed by atoms with Crippen LogP contribution in [-0.2, 0) is 0 Å². The molecule has 1 aromatic carbocycles. The van der Waals surface area contributed by atoms with Gasteiger partial charge in [0.1, 0.15) is 0 Å². The predicted octanol–water partition coefficient (Wildman–Crippen LogP) is 3.21. The Morgan fingerprint density at radius 1 is 0.667 bits per heavy atom. The minimum Gasteiger partial charge on any atom is -0.265 e. The van der Waals surface area contributed by atoms with Gasteiger partial charge in [-0.3, -0.25) is 4.98 Å². The third-order valence-corrected chi connectivity index (χ3v) is 2.66. The summed E-state index contributed by atoms with van der Waals surface area (Å²) in [5, 5.41) is 0. The fraction of sp³-hybridized carbons (Fsp3) is 0. The molecule has 0 radical (unpaired) electrons. The first kappa shape index (κ1) is 10.6. The van der Waals surface area contributed by atoms with Gasteiger partial charge in [-0.25, -0.2) is 9.97 Å². The van der Waals surface area contributed by atoms with E-state index in [0.29, 0.717) is 0 Å². The van der Waals surface area contributed by atoms with Crippen molar-refractivity contribution in [2.24, 2.45) is 0 Å². The van der Waals surface area contributed by atoms with Crippen molar-refractivity contribution in [1.29, 1.82) is 0 Å². The first-order chi connectivity index (χ1) is 8.93. The lowest BCUT2D eigenvalue weighted by molar-refractivity contribution is 1.17. The zero-order chi connectivity index (χ0) is 12.2. The summed E-state index contributed by atoms with van der Waals surface area (Å²) in [5.41, 5.74) is 3.00. The molecule has 0 saturated heterocycles. The van der Waals surface area contributed by atoms with E-state index in [1.54, 1.807) is 18.6 Å². The zero-order valence-electron chi connectivity index (χ0n) is 9.69. The molecular weight excluding hydrogens is 222 g/mol. The van der Waals surface area contributed by atoms with Gasteiger partial charge in [0, 0.05) is 29.7 Å². The lowest BCUT2D eigenvalue weighted by atomic mass is 10.1. The molecule has 0 aliphatic rings. The van der Waals surface area contributed by atoms with Crippen LogP contribution in [0.1, 0.15) is 0 Å². The highest BCUT2D eigenvalue weighted by Crippen LogP contribution is 2.19. The standard InChI is InChI=1S/C15H11N3/c1-2-4-12(5-3-1)14-8-11-17-15(18-14)13-6-9-16-10-7-13/h1-11H. The molecule has 0 aliphatic carbocycles. The van der Waals surface area contributed by atoms with Gasteiger partial charge in [-0.05, 0) is 18.2 Å². The van der Waals surface area contributed by atoms with E-state index in [0.717, 1.165) is 22.6 Å². The molecule has 18 heavy (non-hydrogen) atoms. The number of aromatic nitrogens is 3. The summed E-state index contributed by atoms with van der Waals surface area (Å²) in [4.78, 5) is 12.9. The monoisotopic (exact) mass is 233 g/mol. The predicted molar refractivity (Wildman–Crippen MR) is 70.7 cm³/mol. The van der Waals surface area contributed by atoms with Crippen LogP contribution in [-0.4, -0.2) is 15.0 Å². The Hall–Kier alpha value is -2.55. The van der Waals surface area contributed by atoms with E-state index in [-0.39, 0.29) is 0 Å². The van der Waals surface area contributed by atoms with E-state index in [2.05, 4.69) is 15.0 Å². The number of hydrogen-bond donors (Lipinski definition) is 0. The van der Waals surface area contributed by atoms with Crippen LogP contribution in [0.25, 0.3) is 22.6 Å². The van der Waals surface area contributed by atoms with E-state index >= 15 is 0 Å². The highest BCUT2D eigenvalue weighted by atomic mass is 14.9. The van der Waals surface area contributed by atoms with E-state index in [4.69, 9.17) is 0 Å². The first-order valence-electron chi connectivity index (χ1n) is 5.72. The Balaban J connectivity index is 2.05. The van der Waals surface area contributed by atoms with Gasteiger partial charge in [0.05, 0.1) is 5.69 Å². The van der Waals surface area contributed by atoms with Crippen molar-refractivity contribution >= 4 is 0 Å². The number of rotatable bonds is 2. The van der Waals surface area contributed by atoms with Crippen LogP contribution >= 0.6 is 0 Å². The maximum Gasteiger partial charge on any atom is 0.159 e. The maximum absolute atomic E-state index is 4.57. The molecule has 0 N–H and O–H groups in total. The summed E-state index contributed by atoms with van der Waals surface area (Å²) in [6.07, 6.45) is 5.27. The van der Waals surface area contributed by atoms with Crippen molar-refractivity contribution in [2.75, 3.05) is 0 Å². The normalized spacial score (nSPS) is 10.2. The molecule has 0 unspecified atom stereocenters. The summed E-state index contributed by atoms with van der Waals surface area (Å²) < 4.78 is 0. The van der Waals surface area contributed by atoms with Crippen molar-refractivity contribution < 1.29 is 0 Å². The number of pyridine rings is 1. The molecule has 0 saturated carbocycles. The van der Waals surface area contributed by atoms with Gasteiger partial charge in [0.15, 0.2) is 5.82 Å². The van der Waals surface area contributed by atoms with Crippen LogP contribution in [0.3, 0.4) is 0 Å². The van der Waals surface area contributed by atoms with Crippen LogP contribution in [0.2, 0.25) is 0 Å². The highest BCUT2D eigenvalue weighted by Gasteiger charge is 2.03. The second kappa shape index (κ2) is 4.75. The molecule has 0 spiro atoms. The smallest absolute Gasteiger partial charge is 0.159 e. The van der Waals surface area contributed by atoms with Gasteiger partial charge in [0.2, 0.25) is 0 Å². The Labute approximate surface area is 105 Å². The van der Waals surface area contributed by atoms with E-state index in [9.17, 15) is 0 Å². The number of hydrogen-bond acceptors (Lipinski definition) is 3. The molecule has 2 aromatic heterocycles. The van der Waals surface area contributed by atoms with Crippen LogP contribution in [0, 0.1) is 0 Å². The molecule has 86 valence electrons. The summed E-state index contributed by atoms with van der Waals surface area (Å²) in [6.45, 7) is 0. The molecule has 3 aromatic rings. The van der Waals surface area contributed by atoms with Gasteiger partial charge < -0.3 is 0 Å². The topological polar surface area (TPSA) is 38.7 Å². The Morgan fingerprint density at radius 2 is 1.44 bits per heavy atom. The Bertz CT molecular complexity index is 581. The summed E-state index contributed by atoms with van der Waals surface area (Å²) in [6, 6.07) is 15.8. The van der Waals surface area contributed by atoms with Gasteiger partial charge >= 0.3 is 0 Å². The fourth-order valence-electron chi connectivity index (χ4n) is 1.77. The van der Waals surface area contributed by atoms with Gasteiger partial charge in [-0.15, -0.1) is 0 Å². The minimum atomic E-state index is 0.721. The van der Waals surface area contributed by atoms with Crippen molar-refractivity contribution in [3.05, 3.63) is 67.1 Å². The molecule has 0 atom stereocenters. The maximum atomic E-state index is 4.57. The van der Waals surface area contributed by atoms with Crippen LogP contribution in [0.5, 0.6) is 0 Å². The number of benzene rings is 1. The molecular formula is C15H11N3. The summed E-state index contributed by atoms with van der Waals surface area (Å²) >= 11 is 0. The van der Waals surface area contributed by atoms with E-state index in [1.807, 2.05) is 48.5 Å². The van der Waals surface area contributed by atoms with E-state index < -0.39 is 0 Å². The fourth-order valence-corrected chi connectivity index (χ4v) is 1.77. The molecule has 0 fully saturated rings. The quantitative estimate of drug-likeness (QED) is 0.682. The zero-order valence-corrected chi connectivity index (χ0v) is 9.69. The van der Waals surface area contributed by atoms with Gasteiger partial charge in [-0.1, -0.05) is 30.3 Å². The third kappa shape index (κ3) is 2.11. The van der Waals surface area contributed by atoms with Crippen molar-refractivity contribution in [1.82, 2.24) is 15.0 Å². The largest absolute Gasteiger partial charge is 0.265 e. The van der Waals surface area contributed by atoms with Crippen molar-refractivity contribution in [3.63, 3.8) is 0 Å². The Kier molecular flexibility index (Phi) is 2.80. The number of nitrogens with zero attached hydrogens (tertiary/aromatic N) is 3. The summed E-state index contributed by atoms with van der Waals surface area (Å²) in [7, 11) is 0. The first-order valence-corrected chi connectivity index (χ1v) is 5.72. The minimum absolute atomic E-state index is 0.721. The average Bonchev–Trinajstić information content (AvgIpc) is 2.49. The van der Waals surface area contributed by atoms with Gasteiger partial charge in [-0.2, -0.15) is 0 Å². The molecule has 3 heteroatoms. The SMILES string of the molecule is c1ccc(-c2ccnc(-c3ccncc3)n2)cc1. The lowest BCUT2D eigenvalue weighted by Gasteiger charge is -2.03. The third-order valence-electron chi connectivity index (χ3n) is 2.66. The molecule has 0 bridgehead atoms. The second-order valence-electron chi connectivity index (χ2n) is 3.87.